The number of ketones is 1. The average molecular weight is 326 g/mol. The maximum Gasteiger partial charge on any atom is 0.159 e. The molecule has 1 atom stereocenters. The normalized spacial score (nSPS) is 12.2. The zero-order valence-corrected chi connectivity index (χ0v) is 14.0. The van der Waals surface area contributed by atoms with E-state index in [1.165, 1.54) is 5.56 Å². The van der Waals surface area contributed by atoms with E-state index < -0.39 is 0 Å². The summed E-state index contributed by atoms with van der Waals surface area (Å²) in [5.41, 5.74) is 4.16. The summed E-state index contributed by atoms with van der Waals surface area (Å²) in [5.74, 6) is 0.0847. The quantitative estimate of drug-likeness (QED) is 0.501. The maximum atomic E-state index is 11.7. The molecule has 0 saturated carbocycles. The summed E-state index contributed by atoms with van der Waals surface area (Å²) >= 11 is 0. The lowest BCUT2D eigenvalue weighted by Gasteiger charge is -2.21. The average Bonchev–Trinajstić information content (AvgIpc) is 3.07. The SMILES string of the molecule is CC(=O)c1ccc2c(ccn2C(c2ccccc2)c2cccnc2)c1. The number of carbonyl (C=O) groups excluding carboxylic acids is 1. The smallest absolute Gasteiger partial charge is 0.159 e. The Balaban J connectivity index is 1.91. The van der Waals surface area contributed by atoms with Gasteiger partial charge in [0.05, 0.1) is 6.04 Å². The summed E-state index contributed by atoms with van der Waals surface area (Å²) < 4.78 is 2.24. The monoisotopic (exact) mass is 326 g/mol. The van der Waals surface area contributed by atoms with Crippen molar-refractivity contribution in [3.8, 4) is 0 Å². The molecule has 3 nitrogen and oxygen atoms in total. The molecular formula is C22H18N2O. The molecule has 4 rings (SSSR count). The first kappa shape index (κ1) is 15.3. The number of hydrogen-bond acceptors (Lipinski definition) is 2. The number of benzene rings is 2. The number of rotatable bonds is 4. The molecular weight excluding hydrogens is 308 g/mol. The minimum absolute atomic E-state index is 0.0376. The molecule has 0 aliphatic heterocycles. The molecule has 0 aliphatic carbocycles. The Kier molecular flexibility index (Phi) is 3.90. The van der Waals surface area contributed by atoms with Crippen molar-refractivity contribution in [1.82, 2.24) is 9.55 Å². The van der Waals surface area contributed by atoms with Crippen LogP contribution in [0.2, 0.25) is 0 Å². The van der Waals surface area contributed by atoms with Gasteiger partial charge in [-0.2, -0.15) is 0 Å². The molecule has 25 heavy (non-hydrogen) atoms. The Morgan fingerprint density at radius 2 is 1.76 bits per heavy atom. The first-order valence-electron chi connectivity index (χ1n) is 8.30. The van der Waals surface area contributed by atoms with Gasteiger partial charge in [0, 0.05) is 35.1 Å². The Morgan fingerprint density at radius 1 is 0.960 bits per heavy atom. The van der Waals surface area contributed by atoms with Crippen LogP contribution in [0.25, 0.3) is 10.9 Å². The van der Waals surface area contributed by atoms with Gasteiger partial charge in [0.1, 0.15) is 0 Å². The number of aromatic nitrogens is 2. The zero-order valence-electron chi connectivity index (χ0n) is 14.0. The van der Waals surface area contributed by atoms with Gasteiger partial charge in [0.25, 0.3) is 0 Å². The number of carbonyl (C=O) groups is 1. The molecule has 0 bridgehead atoms. The Hall–Kier alpha value is -3.20. The van der Waals surface area contributed by atoms with Crippen LogP contribution in [0.5, 0.6) is 0 Å². The highest BCUT2D eigenvalue weighted by molar-refractivity contribution is 5.98. The first-order valence-corrected chi connectivity index (χ1v) is 8.30. The lowest BCUT2D eigenvalue weighted by molar-refractivity contribution is 0.101. The summed E-state index contributed by atoms with van der Waals surface area (Å²) in [6.07, 6.45) is 5.78. The number of fused-ring (bicyclic) bond motifs is 1. The second-order valence-electron chi connectivity index (χ2n) is 6.15. The van der Waals surface area contributed by atoms with Crippen LogP contribution in [0.4, 0.5) is 0 Å². The second kappa shape index (κ2) is 6.36. The van der Waals surface area contributed by atoms with Gasteiger partial charge in [0.15, 0.2) is 5.78 Å². The molecule has 0 spiro atoms. The van der Waals surface area contributed by atoms with Crippen LogP contribution < -0.4 is 0 Å². The summed E-state index contributed by atoms with van der Waals surface area (Å²) in [6.45, 7) is 1.60. The molecule has 0 amide bonds. The molecule has 122 valence electrons. The van der Waals surface area contributed by atoms with E-state index in [1.54, 1.807) is 13.1 Å². The van der Waals surface area contributed by atoms with Crippen molar-refractivity contribution < 1.29 is 4.79 Å². The lowest BCUT2D eigenvalue weighted by atomic mass is 9.99. The summed E-state index contributed by atoms with van der Waals surface area (Å²) in [4.78, 5) is 16.0. The van der Waals surface area contributed by atoms with Crippen molar-refractivity contribution in [1.29, 1.82) is 0 Å². The number of nitrogens with zero attached hydrogens (tertiary/aromatic N) is 2. The minimum atomic E-state index is 0.0376. The molecule has 4 aromatic rings. The van der Waals surface area contributed by atoms with Crippen LogP contribution in [0.15, 0.2) is 85.3 Å². The number of pyridine rings is 1. The van der Waals surface area contributed by atoms with E-state index in [0.717, 1.165) is 22.0 Å². The molecule has 2 aromatic heterocycles. The van der Waals surface area contributed by atoms with Gasteiger partial charge in [-0.15, -0.1) is 0 Å². The highest BCUT2D eigenvalue weighted by Crippen LogP contribution is 2.30. The summed E-state index contributed by atoms with van der Waals surface area (Å²) in [6, 6.07) is 22.4. The van der Waals surface area contributed by atoms with Gasteiger partial charge in [0.2, 0.25) is 0 Å². The molecule has 0 N–H and O–H groups in total. The Labute approximate surface area is 146 Å². The first-order chi connectivity index (χ1) is 12.2. The van der Waals surface area contributed by atoms with Gasteiger partial charge < -0.3 is 4.57 Å². The molecule has 0 fully saturated rings. The third-order valence-electron chi connectivity index (χ3n) is 4.52. The van der Waals surface area contributed by atoms with Crippen LogP contribution >= 0.6 is 0 Å². The fourth-order valence-corrected chi connectivity index (χ4v) is 3.29. The van der Waals surface area contributed by atoms with E-state index in [4.69, 9.17) is 0 Å². The fourth-order valence-electron chi connectivity index (χ4n) is 3.29. The summed E-state index contributed by atoms with van der Waals surface area (Å²) in [7, 11) is 0. The number of Topliss-reactive ketones (excluding diaryl/α,β-unsaturated/α-hetero) is 1. The molecule has 2 aromatic carbocycles. The third kappa shape index (κ3) is 2.85. The van der Waals surface area contributed by atoms with Crippen molar-refractivity contribution in [2.24, 2.45) is 0 Å². The van der Waals surface area contributed by atoms with E-state index in [1.807, 2.05) is 36.5 Å². The zero-order chi connectivity index (χ0) is 17.2. The molecule has 0 aliphatic rings. The maximum absolute atomic E-state index is 11.7. The molecule has 1 unspecified atom stereocenters. The van der Waals surface area contributed by atoms with Crippen molar-refractivity contribution in [3.63, 3.8) is 0 Å². The molecule has 0 saturated heterocycles. The largest absolute Gasteiger partial charge is 0.336 e. The van der Waals surface area contributed by atoms with Gasteiger partial charge in [-0.25, -0.2) is 0 Å². The van der Waals surface area contributed by atoms with Gasteiger partial charge >= 0.3 is 0 Å². The highest BCUT2D eigenvalue weighted by Gasteiger charge is 2.18. The predicted molar refractivity (Wildman–Crippen MR) is 99.9 cm³/mol. The Morgan fingerprint density at radius 3 is 2.48 bits per heavy atom. The van der Waals surface area contributed by atoms with E-state index in [-0.39, 0.29) is 11.8 Å². The van der Waals surface area contributed by atoms with Crippen LogP contribution in [0, 0.1) is 0 Å². The van der Waals surface area contributed by atoms with Gasteiger partial charge in [-0.3, -0.25) is 9.78 Å². The van der Waals surface area contributed by atoms with Crippen LogP contribution in [0.3, 0.4) is 0 Å². The minimum Gasteiger partial charge on any atom is -0.336 e. The standard InChI is InChI=1S/C22H18N2O/c1-16(25)18-9-10-21-19(14-18)11-13-24(21)22(17-6-3-2-4-7-17)20-8-5-12-23-15-20/h2-15,22H,1H3. The van der Waals surface area contributed by atoms with Crippen LogP contribution in [-0.4, -0.2) is 15.3 Å². The predicted octanol–water partition coefficient (Wildman–Crippen LogP) is 4.88. The second-order valence-corrected chi connectivity index (χ2v) is 6.15. The van der Waals surface area contributed by atoms with E-state index in [2.05, 4.69) is 52.1 Å². The van der Waals surface area contributed by atoms with Crippen molar-refractivity contribution in [2.75, 3.05) is 0 Å². The Bertz CT molecular complexity index is 980. The van der Waals surface area contributed by atoms with Gasteiger partial charge in [-0.05, 0) is 48.4 Å². The molecule has 0 radical (unpaired) electrons. The van der Waals surface area contributed by atoms with Gasteiger partial charge in [-0.1, -0.05) is 36.4 Å². The van der Waals surface area contributed by atoms with E-state index >= 15 is 0 Å². The van der Waals surface area contributed by atoms with Crippen molar-refractivity contribution in [2.45, 2.75) is 13.0 Å². The van der Waals surface area contributed by atoms with Crippen LogP contribution in [-0.2, 0) is 0 Å². The van der Waals surface area contributed by atoms with E-state index in [0.29, 0.717) is 0 Å². The molecule has 3 heteroatoms. The molecule has 2 heterocycles. The third-order valence-corrected chi connectivity index (χ3v) is 4.52. The summed E-state index contributed by atoms with van der Waals surface area (Å²) in [5, 5.41) is 1.07. The van der Waals surface area contributed by atoms with Crippen LogP contribution in [0.1, 0.15) is 34.5 Å². The topological polar surface area (TPSA) is 34.9 Å². The highest BCUT2D eigenvalue weighted by atomic mass is 16.1. The van der Waals surface area contributed by atoms with Crippen molar-refractivity contribution >= 4 is 16.7 Å². The number of hydrogen-bond donors (Lipinski definition) is 0. The van der Waals surface area contributed by atoms with E-state index in [9.17, 15) is 4.79 Å². The van der Waals surface area contributed by atoms with Crippen molar-refractivity contribution in [3.05, 3.63) is 102 Å². The lowest BCUT2D eigenvalue weighted by Crippen LogP contribution is -2.11. The fraction of sp³-hybridized carbons (Fsp3) is 0.0909.